The highest BCUT2D eigenvalue weighted by molar-refractivity contribution is 6.30. The molecular weight excluding hydrogens is 1020 g/mol. The number of nitrogens with one attached hydrogen (secondary N) is 1. The number of methoxy groups -OCH3 is 1. The minimum absolute atomic E-state index is 0.0278. The van der Waals surface area contributed by atoms with E-state index in [0.29, 0.717) is 32.1 Å². The zero-order valence-electron chi connectivity index (χ0n) is 45.8. The summed E-state index contributed by atoms with van der Waals surface area (Å²) in [5.41, 5.74) is 14.4. The molecule has 0 radical (unpaired) electrons. The lowest BCUT2D eigenvalue weighted by atomic mass is 10.0. The van der Waals surface area contributed by atoms with Gasteiger partial charge in [-0.2, -0.15) is 5.10 Å². The van der Waals surface area contributed by atoms with Crippen molar-refractivity contribution in [1.82, 2.24) is 29.1 Å². The third-order valence-corrected chi connectivity index (χ3v) is 15.2. The maximum Gasteiger partial charge on any atom is 0.274 e. The Morgan fingerprint density at radius 2 is 1.40 bits per heavy atom. The number of nitrogens with two attached hydrogens (primary N) is 1. The average Bonchev–Trinajstić information content (AvgIpc) is 3.70. The smallest absolute Gasteiger partial charge is 0.274 e. The number of imidazole rings is 1. The molecule has 0 amide bonds. The van der Waals surface area contributed by atoms with Crippen molar-refractivity contribution >= 4 is 50.9 Å². The molecule has 414 valence electrons. The van der Waals surface area contributed by atoms with Gasteiger partial charge in [-0.3, -0.25) is 4.79 Å². The second-order valence-electron chi connectivity index (χ2n) is 20.7. The van der Waals surface area contributed by atoms with Gasteiger partial charge in [0.1, 0.15) is 11.6 Å². The molecule has 0 aliphatic carbocycles. The van der Waals surface area contributed by atoms with Crippen LogP contribution in [0.5, 0.6) is 5.75 Å². The second-order valence-corrected chi connectivity index (χ2v) is 21.1. The predicted molar refractivity (Wildman–Crippen MR) is 323 cm³/mol. The van der Waals surface area contributed by atoms with Gasteiger partial charge in [0.05, 0.1) is 48.4 Å². The van der Waals surface area contributed by atoms with Crippen molar-refractivity contribution in [3.63, 3.8) is 0 Å². The van der Waals surface area contributed by atoms with Gasteiger partial charge in [0.15, 0.2) is 5.84 Å². The highest BCUT2D eigenvalue weighted by Gasteiger charge is 2.23. The van der Waals surface area contributed by atoms with E-state index in [1.807, 2.05) is 140 Å². The first-order valence-corrected chi connectivity index (χ1v) is 28.0. The molecule has 0 bridgehead atoms. The van der Waals surface area contributed by atoms with Crippen molar-refractivity contribution in [2.45, 2.75) is 70.1 Å². The molecule has 15 heteroatoms. The summed E-state index contributed by atoms with van der Waals surface area (Å²) in [5.74, 6) is 1.78. The van der Waals surface area contributed by atoms with Gasteiger partial charge < -0.3 is 40.3 Å². The monoisotopic (exact) mass is 1090 g/mol. The summed E-state index contributed by atoms with van der Waals surface area (Å²) in [4.78, 5) is 25.0. The molecule has 2 aliphatic heterocycles. The molecule has 2 fully saturated rings. The standard InChI is InChI=1S/C28H31FN4O.C22H24ClN3O.C15H17N3O/c1-34-25-12-8-21(9-13-25)14-17-32-18-15-24(16-19-32)30-28-31-26-4-2-3-5-27(26)33(28)20-22-6-10-23(29)11-7-22;1-25-13-4-5-18(12-14-25)26-22(27)20-7-3-2-6-19(20)21(24-26)15-16-8-10-17(23)11-9-16;16-15(17-19)12-18(14-9-5-2-6-10-14)11-13-7-3-1-4-8-13/h2-13,24H,14-20H2,1H3,(H,30,31);2-3,6-11,18H,4-5,12-15H2,1H3;1-10,19H,11-12H2,(H2,16,17). The largest absolute Gasteiger partial charge is 0.497 e. The fraction of sp³-hybridized carbons (Fsp3) is 0.292. The van der Waals surface area contributed by atoms with Gasteiger partial charge in [-0.15, -0.1) is 0 Å². The quantitative estimate of drug-likeness (QED) is 0.0370. The van der Waals surface area contributed by atoms with Crippen molar-refractivity contribution in [3.05, 3.63) is 231 Å². The number of likely N-dealkylation sites (tertiary alicyclic amines) is 2. The van der Waals surface area contributed by atoms with Crippen molar-refractivity contribution in [2.24, 2.45) is 10.9 Å². The van der Waals surface area contributed by atoms with E-state index >= 15 is 0 Å². The molecule has 2 aromatic heterocycles. The van der Waals surface area contributed by atoms with Crippen LogP contribution >= 0.6 is 11.6 Å². The Morgan fingerprint density at radius 1 is 0.750 bits per heavy atom. The Bertz CT molecular complexity index is 3440. The number of para-hydroxylation sites is 3. The summed E-state index contributed by atoms with van der Waals surface area (Å²) < 4.78 is 22.6. The molecule has 4 heterocycles. The van der Waals surface area contributed by atoms with Crippen molar-refractivity contribution in [1.29, 1.82) is 0 Å². The molecule has 2 saturated heterocycles. The number of rotatable bonds is 16. The molecular formula is C65H72ClFN10O3. The van der Waals surface area contributed by atoms with E-state index < -0.39 is 0 Å². The summed E-state index contributed by atoms with van der Waals surface area (Å²) in [6, 6.07) is 59.5. The van der Waals surface area contributed by atoms with Gasteiger partial charge in [0.25, 0.3) is 5.56 Å². The highest BCUT2D eigenvalue weighted by atomic mass is 35.5. The number of piperidine rings is 1. The molecule has 0 saturated carbocycles. The molecule has 4 N–H and O–H groups in total. The molecule has 2 aliphatic rings. The van der Waals surface area contributed by atoms with Crippen LogP contribution in [0.3, 0.4) is 0 Å². The summed E-state index contributed by atoms with van der Waals surface area (Å²) in [6.07, 6.45) is 6.96. The van der Waals surface area contributed by atoms with E-state index in [-0.39, 0.29) is 23.3 Å². The van der Waals surface area contributed by atoms with Gasteiger partial charge >= 0.3 is 0 Å². The van der Waals surface area contributed by atoms with Crippen LogP contribution in [0.2, 0.25) is 5.02 Å². The molecule has 0 spiro atoms. The number of hydrogen-bond donors (Lipinski definition) is 3. The van der Waals surface area contributed by atoms with Gasteiger partial charge in [-0.05, 0) is 148 Å². The molecule has 9 aromatic rings. The normalized spacial score (nSPS) is 15.3. The fourth-order valence-electron chi connectivity index (χ4n) is 10.5. The number of nitrogens with zero attached hydrogens (tertiary/aromatic N) is 8. The number of hydrogen-bond acceptors (Lipinski definition) is 10. The Morgan fingerprint density at radius 3 is 2.11 bits per heavy atom. The number of benzene rings is 7. The van der Waals surface area contributed by atoms with E-state index in [0.717, 1.165) is 132 Å². The lowest BCUT2D eigenvalue weighted by Gasteiger charge is -2.32. The number of aromatic nitrogens is 4. The van der Waals surface area contributed by atoms with Gasteiger partial charge in [-0.1, -0.05) is 132 Å². The minimum Gasteiger partial charge on any atom is -0.497 e. The third-order valence-electron chi connectivity index (χ3n) is 15.0. The first-order valence-electron chi connectivity index (χ1n) is 27.6. The molecule has 80 heavy (non-hydrogen) atoms. The molecule has 11 rings (SSSR count). The SMILES string of the molecule is CN1CCCC(n2nc(Cc3ccc(Cl)cc3)c3ccccc3c2=O)CC1.COc1ccc(CCN2CCC(Nc3nc4ccccc4n3Cc3ccc(F)cc3)CC2)cc1.N/C(CN(Cc1ccccc1)c1ccccc1)=N\O. The van der Waals surface area contributed by atoms with E-state index in [2.05, 4.69) is 67.1 Å². The van der Waals surface area contributed by atoms with Gasteiger partial charge in [0.2, 0.25) is 5.95 Å². The Hall–Kier alpha value is -8.04. The van der Waals surface area contributed by atoms with Gasteiger partial charge in [0, 0.05) is 54.7 Å². The number of halogens is 2. The predicted octanol–water partition coefficient (Wildman–Crippen LogP) is 12.1. The number of ether oxygens (including phenoxy) is 1. The molecule has 1 atom stereocenters. The maximum absolute atomic E-state index is 13.4. The Balaban J connectivity index is 0.000000151. The number of oxime groups is 1. The van der Waals surface area contributed by atoms with Gasteiger partial charge in [-0.25, -0.2) is 14.1 Å². The Kier molecular flexibility index (Phi) is 20.0. The van der Waals surface area contributed by atoms with Crippen LogP contribution in [0.4, 0.5) is 16.0 Å². The topological polar surface area (TPSA) is 142 Å². The van der Waals surface area contributed by atoms with E-state index in [9.17, 15) is 9.18 Å². The highest BCUT2D eigenvalue weighted by Crippen LogP contribution is 2.27. The number of amidine groups is 1. The number of fused-ring (bicyclic) bond motifs is 2. The first kappa shape index (κ1) is 56.7. The van der Waals surface area contributed by atoms with Crippen molar-refractivity contribution in [2.75, 3.05) is 63.6 Å². The molecule has 7 aromatic carbocycles. The van der Waals surface area contributed by atoms with Crippen LogP contribution in [0.25, 0.3) is 21.8 Å². The van der Waals surface area contributed by atoms with Crippen molar-refractivity contribution in [3.8, 4) is 5.75 Å². The van der Waals surface area contributed by atoms with Crippen LogP contribution in [-0.4, -0.2) is 99.6 Å². The van der Waals surface area contributed by atoms with E-state index in [1.54, 1.807) is 11.8 Å². The fourth-order valence-corrected chi connectivity index (χ4v) is 10.6. The lowest BCUT2D eigenvalue weighted by Crippen LogP contribution is -2.40. The maximum atomic E-state index is 13.4. The molecule has 13 nitrogen and oxygen atoms in total. The van der Waals surface area contributed by atoms with Crippen LogP contribution in [0, 0.1) is 5.82 Å². The van der Waals surface area contributed by atoms with E-state index in [1.165, 1.54) is 23.3 Å². The second kappa shape index (κ2) is 28.2. The van der Waals surface area contributed by atoms with Crippen LogP contribution in [-0.2, 0) is 25.9 Å². The molecule has 1 unspecified atom stereocenters. The van der Waals surface area contributed by atoms with Crippen LogP contribution in [0.15, 0.2) is 192 Å². The van der Waals surface area contributed by atoms with Crippen LogP contribution < -0.4 is 26.2 Å². The summed E-state index contributed by atoms with van der Waals surface area (Å²) >= 11 is 6.02. The first-order chi connectivity index (χ1) is 39.1. The average molecular weight is 1100 g/mol. The van der Waals surface area contributed by atoms with E-state index in [4.69, 9.17) is 37.4 Å². The number of anilines is 2. The van der Waals surface area contributed by atoms with Crippen molar-refractivity contribution < 1.29 is 14.3 Å². The zero-order valence-corrected chi connectivity index (χ0v) is 46.5. The van der Waals surface area contributed by atoms with Crippen LogP contribution in [0.1, 0.15) is 66.1 Å². The zero-order chi connectivity index (χ0) is 55.6. The summed E-state index contributed by atoms with van der Waals surface area (Å²) in [5, 5.41) is 22.8. The minimum atomic E-state index is -0.212. The lowest BCUT2D eigenvalue weighted by molar-refractivity contribution is 0.221. The Labute approximate surface area is 473 Å². The third kappa shape index (κ3) is 15.6. The summed E-state index contributed by atoms with van der Waals surface area (Å²) in [7, 11) is 3.84. The summed E-state index contributed by atoms with van der Waals surface area (Å²) in [6.45, 7) is 7.05.